The number of benzene rings is 3. The van der Waals surface area contributed by atoms with Gasteiger partial charge >= 0.3 is 0 Å². The second-order valence-electron chi connectivity index (χ2n) is 7.16. The molecule has 32 heavy (non-hydrogen) atoms. The van der Waals surface area contributed by atoms with E-state index < -0.39 is 10.0 Å². The van der Waals surface area contributed by atoms with E-state index >= 15 is 0 Å². The lowest BCUT2D eigenvalue weighted by Crippen LogP contribution is -2.29. The summed E-state index contributed by atoms with van der Waals surface area (Å²) < 4.78 is 26.0. The Morgan fingerprint density at radius 2 is 1.50 bits per heavy atom. The molecule has 3 aromatic rings. The Labute approximate surface area is 192 Å². The van der Waals surface area contributed by atoms with Crippen molar-refractivity contribution >= 4 is 50.5 Å². The van der Waals surface area contributed by atoms with Gasteiger partial charge < -0.3 is 10.6 Å². The molecule has 0 aliphatic heterocycles. The van der Waals surface area contributed by atoms with Gasteiger partial charge in [0, 0.05) is 28.9 Å². The topological polar surface area (TPSA) is 95.6 Å². The van der Waals surface area contributed by atoms with Gasteiger partial charge in [-0.15, -0.1) is 0 Å². The number of hydrogen-bond acceptors (Lipinski definition) is 4. The molecule has 0 aliphatic carbocycles. The summed E-state index contributed by atoms with van der Waals surface area (Å²) in [4.78, 5) is 23.8. The summed E-state index contributed by atoms with van der Waals surface area (Å²) in [5.41, 5.74) is 2.66. The number of anilines is 3. The number of carbonyl (C=O) groups excluding carboxylic acids is 2. The van der Waals surface area contributed by atoms with Crippen molar-refractivity contribution in [3.05, 3.63) is 88.9 Å². The molecule has 0 atom stereocenters. The van der Waals surface area contributed by atoms with Crippen LogP contribution in [-0.2, 0) is 21.4 Å². The molecule has 0 aromatic heterocycles. The molecule has 2 amide bonds. The molecule has 0 radical (unpaired) electrons. The maximum atomic E-state index is 12.6. The van der Waals surface area contributed by atoms with Crippen LogP contribution in [0.25, 0.3) is 0 Å². The zero-order valence-electron chi connectivity index (χ0n) is 17.5. The fourth-order valence-corrected chi connectivity index (χ4v) is 4.03. The zero-order valence-corrected chi connectivity index (χ0v) is 19.1. The van der Waals surface area contributed by atoms with Gasteiger partial charge in [-0.3, -0.25) is 13.9 Å². The number of halogens is 1. The van der Waals surface area contributed by atoms with Crippen molar-refractivity contribution in [3.8, 4) is 0 Å². The standard InChI is InChI=1S/C23H22ClN3O4S/c1-16(28)25-20-4-3-5-21(14-20)26-23(29)18-8-12-22(13-9-18)27(32(2,30)31)15-17-6-10-19(24)11-7-17/h3-14H,15H2,1-2H3,(H,25,28)(H,26,29). The van der Waals surface area contributed by atoms with Crippen molar-refractivity contribution < 1.29 is 18.0 Å². The molecular formula is C23H22ClN3O4S. The molecule has 0 saturated heterocycles. The van der Waals surface area contributed by atoms with Crippen LogP contribution in [0.15, 0.2) is 72.8 Å². The molecule has 0 spiro atoms. The van der Waals surface area contributed by atoms with E-state index in [-0.39, 0.29) is 18.4 Å². The Morgan fingerprint density at radius 3 is 2.06 bits per heavy atom. The second-order valence-corrected chi connectivity index (χ2v) is 9.50. The Balaban J connectivity index is 1.76. The van der Waals surface area contributed by atoms with E-state index in [0.29, 0.717) is 27.6 Å². The summed E-state index contributed by atoms with van der Waals surface area (Å²) >= 11 is 5.90. The highest BCUT2D eigenvalue weighted by atomic mass is 35.5. The lowest BCUT2D eigenvalue weighted by Gasteiger charge is -2.23. The van der Waals surface area contributed by atoms with Crippen LogP contribution in [0.4, 0.5) is 17.1 Å². The molecule has 3 aromatic carbocycles. The molecule has 0 unspecified atom stereocenters. The predicted octanol–water partition coefficient (Wildman–Crippen LogP) is 4.52. The number of hydrogen-bond donors (Lipinski definition) is 2. The molecule has 2 N–H and O–H groups in total. The number of sulfonamides is 1. The van der Waals surface area contributed by atoms with Gasteiger partial charge in [-0.25, -0.2) is 8.42 Å². The highest BCUT2D eigenvalue weighted by molar-refractivity contribution is 7.92. The molecule has 0 heterocycles. The molecule has 7 nitrogen and oxygen atoms in total. The average Bonchev–Trinajstić information content (AvgIpc) is 2.72. The van der Waals surface area contributed by atoms with Crippen molar-refractivity contribution in [2.75, 3.05) is 21.2 Å². The third-order valence-electron chi connectivity index (χ3n) is 4.50. The van der Waals surface area contributed by atoms with E-state index in [4.69, 9.17) is 11.6 Å². The highest BCUT2D eigenvalue weighted by Crippen LogP contribution is 2.23. The van der Waals surface area contributed by atoms with Crippen molar-refractivity contribution in [1.82, 2.24) is 0 Å². The van der Waals surface area contributed by atoms with E-state index in [2.05, 4.69) is 10.6 Å². The molecule has 9 heteroatoms. The van der Waals surface area contributed by atoms with E-state index in [1.165, 1.54) is 11.2 Å². The van der Waals surface area contributed by atoms with Crippen LogP contribution in [0.3, 0.4) is 0 Å². The third-order valence-corrected chi connectivity index (χ3v) is 5.89. The lowest BCUT2D eigenvalue weighted by molar-refractivity contribution is -0.114. The largest absolute Gasteiger partial charge is 0.326 e. The first-order valence-electron chi connectivity index (χ1n) is 9.63. The second kappa shape index (κ2) is 9.84. The van der Waals surface area contributed by atoms with Crippen LogP contribution in [0.2, 0.25) is 5.02 Å². The molecular weight excluding hydrogens is 450 g/mol. The summed E-state index contributed by atoms with van der Waals surface area (Å²) in [5.74, 6) is -0.571. The minimum absolute atomic E-state index is 0.136. The molecule has 0 aliphatic rings. The Bertz CT molecular complexity index is 1230. The third kappa shape index (κ3) is 6.32. The van der Waals surface area contributed by atoms with Gasteiger partial charge in [0.2, 0.25) is 15.9 Å². The number of carbonyl (C=O) groups is 2. The SMILES string of the molecule is CC(=O)Nc1cccc(NC(=O)c2ccc(N(Cc3ccc(Cl)cc3)S(C)(=O)=O)cc2)c1. The van der Waals surface area contributed by atoms with Gasteiger partial charge in [0.05, 0.1) is 18.5 Å². The minimum Gasteiger partial charge on any atom is -0.326 e. The summed E-state index contributed by atoms with van der Waals surface area (Å²) in [6.07, 6.45) is 1.13. The zero-order chi connectivity index (χ0) is 23.3. The van der Waals surface area contributed by atoms with Crippen LogP contribution in [0.5, 0.6) is 0 Å². The fourth-order valence-electron chi connectivity index (χ4n) is 3.02. The van der Waals surface area contributed by atoms with E-state index in [0.717, 1.165) is 11.8 Å². The molecule has 0 saturated carbocycles. The van der Waals surface area contributed by atoms with Gasteiger partial charge in [-0.1, -0.05) is 29.8 Å². The Morgan fingerprint density at radius 1 is 0.906 bits per heavy atom. The Kier molecular flexibility index (Phi) is 7.17. The normalized spacial score (nSPS) is 11.0. The van der Waals surface area contributed by atoms with Crippen LogP contribution in [0, 0.1) is 0 Å². The quantitative estimate of drug-likeness (QED) is 0.529. The molecule has 3 rings (SSSR count). The fraction of sp³-hybridized carbons (Fsp3) is 0.130. The molecule has 0 fully saturated rings. The van der Waals surface area contributed by atoms with E-state index in [9.17, 15) is 18.0 Å². The number of rotatable bonds is 7. The van der Waals surface area contributed by atoms with Gasteiger partial charge in [0.15, 0.2) is 0 Å². The first-order valence-corrected chi connectivity index (χ1v) is 11.9. The highest BCUT2D eigenvalue weighted by Gasteiger charge is 2.18. The van der Waals surface area contributed by atoms with Crippen LogP contribution in [-0.4, -0.2) is 26.5 Å². The average molecular weight is 472 g/mol. The Hall–Kier alpha value is -3.36. The predicted molar refractivity (Wildman–Crippen MR) is 128 cm³/mol. The van der Waals surface area contributed by atoms with Crippen molar-refractivity contribution in [1.29, 1.82) is 0 Å². The van der Waals surface area contributed by atoms with Gasteiger partial charge in [0.25, 0.3) is 5.91 Å². The summed E-state index contributed by atoms with van der Waals surface area (Å²) in [6, 6.07) is 20.0. The molecule has 166 valence electrons. The first-order chi connectivity index (χ1) is 15.1. The number of nitrogens with zero attached hydrogens (tertiary/aromatic N) is 1. The van der Waals surface area contributed by atoms with Crippen LogP contribution < -0.4 is 14.9 Å². The van der Waals surface area contributed by atoms with Crippen molar-refractivity contribution in [2.45, 2.75) is 13.5 Å². The number of amides is 2. The minimum atomic E-state index is -3.56. The van der Waals surface area contributed by atoms with Crippen LogP contribution >= 0.6 is 11.6 Å². The van der Waals surface area contributed by atoms with Crippen molar-refractivity contribution in [2.24, 2.45) is 0 Å². The summed E-state index contributed by atoms with van der Waals surface area (Å²) in [5, 5.41) is 5.98. The summed E-state index contributed by atoms with van der Waals surface area (Å²) in [7, 11) is -3.56. The monoisotopic (exact) mass is 471 g/mol. The summed E-state index contributed by atoms with van der Waals surface area (Å²) in [6.45, 7) is 1.54. The van der Waals surface area contributed by atoms with Gasteiger partial charge in [-0.2, -0.15) is 0 Å². The lowest BCUT2D eigenvalue weighted by atomic mass is 10.1. The smallest absolute Gasteiger partial charge is 0.255 e. The van der Waals surface area contributed by atoms with Gasteiger partial charge in [0.1, 0.15) is 0 Å². The number of nitrogens with one attached hydrogen (secondary N) is 2. The van der Waals surface area contributed by atoms with Crippen LogP contribution in [0.1, 0.15) is 22.8 Å². The first kappa shape index (κ1) is 23.3. The van der Waals surface area contributed by atoms with E-state index in [1.807, 2.05) is 0 Å². The molecule has 0 bridgehead atoms. The maximum absolute atomic E-state index is 12.6. The van der Waals surface area contributed by atoms with Gasteiger partial charge in [-0.05, 0) is 60.2 Å². The van der Waals surface area contributed by atoms with Crippen molar-refractivity contribution in [3.63, 3.8) is 0 Å². The maximum Gasteiger partial charge on any atom is 0.255 e. The van der Waals surface area contributed by atoms with E-state index in [1.54, 1.807) is 72.8 Å².